The van der Waals surface area contributed by atoms with E-state index in [1.165, 1.54) is 19.2 Å². The molecule has 1 heterocycles. The van der Waals surface area contributed by atoms with E-state index < -0.39 is 14.9 Å². The van der Waals surface area contributed by atoms with Gasteiger partial charge in [0.15, 0.2) is 0 Å². The van der Waals surface area contributed by atoms with Crippen molar-refractivity contribution in [1.82, 2.24) is 9.62 Å². The number of ether oxygens (including phenoxy) is 2. The number of hydrogen-bond acceptors (Lipinski definition) is 7. The summed E-state index contributed by atoms with van der Waals surface area (Å²) >= 11 is 0. The van der Waals surface area contributed by atoms with Crippen molar-refractivity contribution in [2.45, 2.75) is 17.9 Å². The predicted octanol–water partition coefficient (Wildman–Crippen LogP) is 0.602. The summed E-state index contributed by atoms with van der Waals surface area (Å²) in [5.41, 5.74) is -0.308. The molecule has 1 atom stereocenters. The van der Waals surface area contributed by atoms with Crippen LogP contribution in [0.1, 0.15) is 6.92 Å². The fourth-order valence-electron chi connectivity index (χ4n) is 2.53. The highest BCUT2D eigenvalue weighted by Gasteiger charge is 2.25. The zero-order valence-electron chi connectivity index (χ0n) is 13.6. The molecule has 0 aliphatic carbocycles. The summed E-state index contributed by atoms with van der Waals surface area (Å²) in [6, 6.07) is 3.12. The van der Waals surface area contributed by atoms with Crippen LogP contribution in [0.25, 0.3) is 0 Å². The van der Waals surface area contributed by atoms with Crippen molar-refractivity contribution in [2.75, 3.05) is 40.0 Å². The van der Waals surface area contributed by atoms with Crippen molar-refractivity contribution in [1.29, 1.82) is 0 Å². The third-order valence-electron chi connectivity index (χ3n) is 3.64. The van der Waals surface area contributed by atoms with Crippen molar-refractivity contribution in [3.63, 3.8) is 0 Å². The zero-order valence-corrected chi connectivity index (χ0v) is 14.4. The summed E-state index contributed by atoms with van der Waals surface area (Å²) in [6.07, 6.45) is 0. The first-order valence-electron chi connectivity index (χ1n) is 7.48. The van der Waals surface area contributed by atoms with Crippen LogP contribution in [0.3, 0.4) is 0 Å². The highest BCUT2D eigenvalue weighted by atomic mass is 32.2. The van der Waals surface area contributed by atoms with Gasteiger partial charge in [0.2, 0.25) is 10.0 Å². The maximum Gasteiger partial charge on any atom is 0.271 e. The SMILES string of the molecule is COc1ccc([N+](=O)[O-])cc1S(=O)(=O)NC(C)CN1CCOCC1. The van der Waals surface area contributed by atoms with E-state index in [-0.39, 0.29) is 22.4 Å². The number of hydrogen-bond donors (Lipinski definition) is 1. The molecule has 9 nitrogen and oxygen atoms in total. The molecule has 1 aliphatic rings. The Morgan fingerprint density at radius 1 is 1.42 bits per heavy atom. The third kappa shape index (κ3) is 4.63. The van der Waals surface area contributed by atoms with Gasteiger partial charge in [-0.25, -0.2) is 13.1 Å². The number of benzene rings is 1. The molecule has 0 amide bonds. The molecule has 10 heteroatoms. The lowest BCUT2D eigenvalue weighted by Gasteiger charge is -2.29. The maximum atomic E-state index is 12.6. The molecule has 0 spiro atoms. The second-order valence-corrected chi connectivity index (χ2v) is 7.21. The number of nitro benzene ring substituents is 1. The predicted molar refractivity (Wildman–Crippen MR) is 86.7 cm³/mol. The second kappa shape index (κ2) is 7.88. The average molecular weight is 359 g/mol. The smallest absolute Gasteiger partial charge is 0.271 e. The molecule has 1 saturated heterocycles. The normalized spacial score (nSPS) is 17.4. The van der Waals surface area contributed by atoms with Gasteiger partial charge in [-0.3, -0.25) is 15.0 Å². The number of rotatable bonds is 7. The van der Waals surface area contributed by atoms with Crippen LogP contribution in [0.4, 0.5) is 5.69 Å². The average Bonchev–Trinajstić information content (AvgIpc) is 2.54. The summed E-state index contributed by atoms with van der Waals surface area (Å²) < 4.78 is 38.0. The zero-order chi connectivity index (χ0) is 17.7. The molecule has 1 unspecified atom stereocenters. The number of methoxy groups -OCH3 is 1. The third-order valence-corrected chi connectivity index (χ3v) is 5.25. The highest BCUT2D eigenvalue weighted by Crippen LogP contribution is 2.28. The lowest BCUT2D eigenvalue weighted by Crippen LogP contribution is -2.45. The van der Waals surface area contributed by atoms with E-state index in [1.807, 2.05) is 0 Å². The van der Waals surface area contributed by atoms with E-state index in [4.69, 9.17) is 9.47 Å². The van der Waals surface area contributed by atoms with Crippen molar-refractivity contribution in [3.8, 4) is 5.75 Å². The maximum absolute atomic E-state index is 12.6. The van der Waals surface area contributed by atoms with E-state index >= 15 is 0 Å². The summed E-state index contributed by atoms with van der Waals surface area (Å²) in [6.45, 7) is 5.01. The summed E-state index contributed by atoms with van der Waals surface area (Å²) in [4.78, 5) is 12.1. The van der Waals surface area contributed by atoms with Crippen LogP contribution in [0, 0.1) is 10.1 Å². The summed E-state index contributed by atoms with van der Waals surface area (Å²) in [5.74, 6) is 0.0617. The number of nitrogens with one attached hydrogen (secondary N) is 1. The first-order chi connectivity index (χ1) is 11.3. The van der Waals surface area contributed by atoms with Crippen molar-refractivity contribution in [3.05, 3.63) is 28.3 Å². The van der Waals surface area contributed by atoms with Gasteiger partial charge in [0.05, 0.1) is 25.2 Å². The fourth-order valence-corrected chi connectivity index (χ4v) is 3.95. The topological polar surface area (TPSA) is 111 Å². The quantitative estimate of drug-likeness (QED) is 0.560. The van der Waals surface area contributed by atoms with Crippen LogP contribution in [0.5, 0.6) is 5.75 Å². The number of non-ortho nitro benzene ring substituents is 1. The van der Waals surface area contributed by atoms with Gasteiger partial charge in [-0.05, 0) is 13.0 Å². The molecule has 1 aromatic carbocycles. The largest absolute Gasteiger partial charge is 0.495 e. The van der Waals surface area contributed by atoms with Crippen molar-refractivity contribution in [2.24, 2.45) is 0 Å². The van der Waals surface area contributed by atoms with Gasteiger partial charge in [0.25, 0.3) is 5.69 Å². The van der Waals surface area contributed by atoms with Gasteiger partial charge in [0.1, 0.15) is 10.6 Å². The van der Waals surface area contributed by atoms with Crippen LogP contribution in [0.2, 0.25) is 0 Å². The van der Waals surface area contributed by atoms with Gasteiger partial charge in [-0.15, -0.1) is 0 Å². The van der Waals surface area contributed by atoms with Gasteiger partial charge < -0.3 is 9.47 Å². The van der Waals surface area contributed by atoms with Crippen molar-refractivity contribution >= 4 is 15.7 Å². The molecular formula is C14H21N3O6S. The Kier molecular flexibility index (Phi) is 6.10. The van der Waals surface area contributed by atoms with Crippen LogP contribution < -0.4 is 9.46 Å². The first-order valence-corrected chi connectivity index (χ1v) is 8.96. The highest BCUT2D eigenvalue weighted by molar-refractivity contribution is 7.89. The van der Waals surface area contributed by atoms with E-state index in [2.05, 4.69) is 9.62 Å². The Balaban J connectivity index is 2.16. The summed E-state index contributed by atoms with van der Waals surface area (Å²) in [7, 11) is -2.63. The Morgan fingerprint density at radius 3 is 2.67 bits per heavy atom. The number of morpholine rings is 1. The second-order valence-electron chi connectivity index (χ2n) is 5.53. The van der Waals surface area contributed by atoms with E-state index in [0.29, 0.717) is 19.8 Å². The molecule has 0 aromatic heterocycles. The first kappa shape index (κ1) is 18.6. The molecule has 0 radical (unpaired) electrons. The molecule has 1 fully saturated rings. The Morgan fingerprint density at radius 2 is 2.08 bits per heavy atom. The lowest BCUT2D eigenvalue weighted by atomic mass is 10.3. The minimum atomic E-state index is -3.95. The lowest BCUT2D eigenvalue weighted by molar-refractivity contribution is -0.385. The molecule has 1 aromatic rings. The van der Waals surface area contributed by atoms with Crippen LogP contribution in [-0.2, 0) is 14.8 Å². The number of sulfonamides is 1. The van der Waals surface area contributed by atoms with Crippen molar-refractivity contribution < 1.29 is 22.8 Å². The van der Waals surface area contributed by atoms with E-state index in [0.717, 1.165) is 19.2 Å². The summed E-state index contributed by atoms with van der Waals surface area (Å²) in [5, 5.41) is 10.9. The number of nitro groups is 1. The van der Waals surface area contributed by atoms with Crippen LogP contribution in [0.15, 0.2) is 23.1 Å². The molecule has 0 saturated carbocycles. The minimum Gasteiger partial charge on any atom is -0.495 e. The standard InChI is InChI=1S/C14H21N3O6S/c1-11(10-16-5-7-23-8-6-16)15-24(20,21)14-9-12(17(18)19)3-4-13(14)22-2/h3-4,9,11,15H,5-8,10H2,1-2H3. The molecule has 0 bridgehead atoms. The molecular weight excluding hydrogens is 338 g/mol. The number of nitrogens with zero attached hydrogens (tertiary/aromatic N) is 2. The molecule has 1 N–H and O–H groups in total. The van der Waals surface area contributed by atoms with Gasteiger partial charge in [-0.2, -0.15) is 0 Å². The minimum absolute atomic E-state index is 0.0617. The molecule has 24 heavy (non-hydrogen) atoms. The monoisotopic (exact) mass is 359 g/mol. The van der Waals surface area contributed by atoms with Gasteiger partial charge in [0, 0.05) is 37.8 Å². The van der Waals surface area contributed by atoms with E-state index in [9.17, 15) is 18.5 Å². The van der Waals surface area contributed by atoms with Crippen LogP contribution in [-0.4, -0.2) is 64.2 Å². The molecule has 134 valence electrons. The molecule has 1 aliphatic heterocycles. The Bertz CT molecular complexity index is 688. The molecule has 2 rings (SSSR count). The fraction of sp³-hybridized carbons (Fsp3) is 0.571. The Labute approximate surface area is 140 Å². The van der Waals surface area contributed by atoms with Crippen LogP contribution >= 0.6 is 0 Å². The Hall–Kier alpha value is -1.75. The van der Waals surface area contributed by atoms with Gasteiger partial charge in [-0.1, -0.05) is 0 Å². The van der Waals surface area contributed by atoms with E-state index in [1.54, 1.807) is 6.92 Å². The van der Waals surface area contributed by atoms with Gasteiger partial charge >= 0.3 is 0 Å².